The zero-order valence-electron chi connectivity index (χ0n) is 15.3. The Morgan fingerprint density at radius 2 is 1.96 bits per heavy atom. The highest BCUT2D eigenvalue weighted by Gasteiger charge is 2.26. The maximum atomic E-state index is 13.1. The van der Waals surface area contributed by atoms with Gasteiger partial charge in [-0.2, -0.15) is 5.10 Å². The van der Waals surface area contributed by atoms with Gasteiger partial charge < -0.3 is 10.6 Å². The van der Waals surface area contributed by atoms with Gasteiger partial charge in [-0.05, 0) is 49.6 Å². The molecule has 7 nitrogen and oxygen atoms in total. The molecule has 1 aromatic heterocycles. The molecular weight excluding hydrogens is 361 g/mol. The van der Waals surface area contributed by atoms with Gasteiger partial charge in [0, 0.05) is 35.5 Å². The summed E-state index contributed by atoms with van der Waals surface area (Å²) in [5.74, 6) is 0.777. The molecule has 4 rings (SSSR count). The van der Waals surface area contributed by atoms with Crippen LogP contribution >= 0.6 is 0 Å². The number of nitro benzene ring substituents is 1. The fourth-order valence-electron chi connectivity index (χ4n) is 3.11. The first-order chi connectivity index (χ1) is 13.5. The summed E-state index contributed by atoms with van der Waals surface area (Å²) < 4.78 is 13.1. The minimum atomic E-state index is -0.427. The molecule has 0 bridgehead atoms. The van der Waals surface area contributed by atoms with Crippen molar-refractivity contribution in [1.82, 2.24) is 10.2 Å². The SMILES string of the molecule is C[C@H](Nc1ccc([N+](=O)[O-])c(Nc2cc(C3CC3)[nH]n2)c1)c1ccc(F)cc1. The third-order valence-corrected chi connectivity index (χ3v) is 4.82. The zero-order valence-corrected chi connectivity index (χ0v) is 15.3. The van der Waals surface area contributed by atoms with Gasteiger partial charge in [0.1, 0.15) is 11.5 Å². The highest BCUT2D eigenvalue weighted by atomic mass is 19.1. The van der Waals surface area contributed by atoms with E-state index in [2.05, 4.69) is 20.8 Å². The molecule has 144 valence electrons. The third kappa shape index (κ3) is 3.95. The molecule has 0 aliphatic heterocycles. The van der Waals surface area contributed by atoms with E-state index in [4.69, 9.17) is 0 Å². The molecule has 3 aromatic rings. The normalized spacial score (nSPS) is 14.5. The predicted octanol–water partition coefficient (Wildman–Crippen LogP) is 5.25. The quantitative estimate of drug-likeness (QED) is 0.384. The maximum Gasteiger partial charge on any atom is 0.292 e. The van der Waals surface area contributed by atoms with E-state index >= 15 is 0 Å². The van der Waals surface area contributed by atoms with E-state index in [1.165, 1.54) is 18.2 Å². The highest BCUT2D eigenvalue weighted by molar-refractivity contribution is 5.73. The number of H-pyrrole nitrogens is 1. The summed E-state index contributed by atoms with van der Waals surface area (Å²) in [4.78, 5) is 11.0. The first-order valence-corrected chi connectivity index (χ1v) is 9.12. The third-order valence-electron chi connectivity index (χ3n) is 4.82. The number of hydrogen-bond acceptors (Lipinski definition) is 5. The zero-order chi connectivity index (χ0) is 19.7. The molecule has 0 radical (unpaired) electrons. The molecule has 1 aliphatic rings. The van der Waals surface area contributed by atoms with Crippen LogP contribution in [-0.2, 0) is 0 Å². The lowest BCUT2D eigenvalue weighted by atomic mass is 10.1. The number of aromatic amines is 1. The standard InChI is InChI=1S/C20H20FN5O2/c1-12(13-4-6-15(21)7-5-13)22-16-8-9-19(26(27)28)18(10-16)23-20-11-17(24-25-20)14-2-3-14/h4-12,14,22H,2-3H2,1H3,(H2,23,24,25)/t12-/m0/s1. The average Bonchev–Trinajstić information content (AvgIpc) is 3.42. The molecule has 1 saturated carbocycles. The number of anilines is 3. The minimum absolute atomic E-state index is 0.0315. The van der Waals surface area contributed by atoms with Gasteiger partial charge in [0.2, 0.25) is 0 Å². The van der Waals surface area contributed by atoms with Crippen molar-refractivity contribution in [3.8, 4) is 0 Å². The predicted molar refractivity (Wildman–Crippen MR) is 105 cm³/mol. The summed E-state index contributed by atoms with van der Waals surface area (Å²) in [6, 6.07) is 12.8. The van der Waals surface area contributed by atoms with Crippen molar-refractivity contribution in [2.75, 3.05) is 10.6 Å². The van der Waals surface area contributed by atoms with Crippen LogP contribution in [0.4, 0.5) is 27.3 Å². The first kappa shape index (κ1) is 18.0. The van der Waals surface area contributed by atoms with Crippen molar-refractivity contribution in [2.45, 2.75) is 31.7 Å². The first-order valence-electron chi connectivity index (χ1n) is 9.12. The molecule has 1 heterocycles. The smallest absolute Gasteiger partial charge is 0.292 e. The van der Waals surface area contributed by atoms with Crippen LogP contribution in [0.5, 0.6) is 0 Å². The second-order valence-electron chi connectivity index (χ2n) is 7.01. The Morgan fingerprint density at radius 3 is 2.64 bits per heavy atom. The fourth-order valence-corrected chi connectivity index (χ4v) is 3.11. The largest absolute Gasteiger partial charge is 0.378 e. The number of nitrogens with one attached hydrogen (secondary N) is 3. The van der Waals surface area contributed by atoms with Crippen molar-refractivity contribution < 1.29 is 9.31 Å². The molecule has 1 atom stereocenters. The second-order valence-corrected chi connectivity index (χ2v) is 7.01. The van der Waals surface area contributed by atoms with Crippen molar-refractivity contribution in [3.63, 3.8) is 0 Å². The van der Waals surface area contributed by atoms with Gasteiger partial charge in [-0.3, -0.25) is 15.2 Å². The van der Waals surface area contributed by atoms with E-state index in [1.54, 1.807) is 24.3 Å². The van der Waals surface area contributed by atoms with E-state index in [0.717, 1.165) is 24.1 Å². The van der Waals surface area contributed by atoms with Crippen LogP contribution in [0, 0.1) is 15.9 Å². The molecule has 0 unspecified atom stereocenters. The van der Waals surface area contributed by atoms with E-state index in [0.29, 0.717) is 23.1 Å². The topological polar surface area (TPSA) is 95.9 Å². The Morgan fingerprint density at radius 1 is 1.21 bits per heavy atom. The van der Waals surface area contributed by atoms with Gasteiger partial charge in [-0.1, -0.05) is 12.1 Å². The molecule has 0 amide bonds. The summed E-state index contributed by atoms with van der Waals surface area (Å²) >= 11 is 0. The van der Waals surface area contributed by atoms with Crippen molar-refractivity contribution >= 4 is 22.9 Å². The van der Waals surface area contributed by atoms with Crippen molar-refractivity contribution in [2.24, 2.45) is 0 Å². The van der Waals surface area contributed by atoms with Gasteiger partial charge in [0.05, 0.1) is 4.92 Å². The summed E-state index contributed by atoms with van der Waals surface area (Å²) in [5, 5.41) is 24.9. The van der Waals surface area contributed by atoms with Gasteiger partial charge >= 0.3 is 0 Å². The molecule has 2 aromatic carbocycles. The van der Waals surface area contributed by atoms with Gasteiger partial charge in [0.15, 0.2) is 5.82 Å². The maximum absolute atomic E-state index is 13.1. The number of nitro groups is 1. The van der Waals surface area contributed by atoms with Crippen molar-refractivity contribution in [1.29, 1.82) is 0 Å². The number of halogens is 1. The second kappa shape index (κ2) is 7.30. The lowest BCUT2D eigenvalue weighted by Crippen LogP contribution is -2.07. The van der Waals surface area contributed by atoms with Crippen molar-refractivity contribution in [3.05, 3.63) is 75.7 Å². The Kier molecular flexibility index (Phi) is 4.68. The molecule has 3 N–H and O–H groups in total. The summed E-state index contributed by atoms with van der Waals surface area (Å²) in [6.07, 6.45) is 2.28. The Balaban J connectivity index is 1.55. The highest BCUT2D eigenvalue weighted by Crippen LogP contribution is 2.40. The molecular formula is C20H20FN5O2. The van der Waals surface area contributed by atoms with Gasteiger partial charge in [0.25, 0.3) is 5.69 Å². The fraction of sp³-hybridized carbons (Fsp3) is 0.250. The van der Waals surface area contributed by atoms with E-state index in [1.807, 2.05) is 13.0 Å². The lowest BCUT2D eigenvalue weighted by molar-refractivity contribution is -0.383. The van der Waals surface area contributed by atoms with Crippen LogP contribution in [0.1, 0.15) is 43.0 Å². The Bertz CT molecular complexity index is 998. The number of nitrogens with zero attached hydrogens (tertiary/aromatic N) is 2. The molecule has 0 saturated heterocycles. The number of aromatic nitrogens is 2. The van der Waals surface area contributed by atoms with Crippen LogP contribution in [-0.4, -0.2) is 15.1 Å². The Labute approximate surface area is 161 Å². The molecule has 0 spiro atoms. The monoisotopic (exact) mass is 381 g/mol. The van der Waals surface area contributed by atoms with Gasteiger partial charge in [-0.15, -0.1) is 0 Å². The average molecular weight is 381 g/mol. The van der Waals surface area contributed by atoms with Crippen LogP contribution in [0.3, 0.4) is 0 Å². The van der Waals surface area contributed by atoms with E-state index in [-0.39, 0.29) is 17.5 Å². The van der Waals surface area contributed by atoms with Gasteiger partial charge in [-0.25, -0.2) is 4.39 Å². The van der Waals surface area contributed by atoms with Crippen LogP contribution in [0.2, 0.25) is 0 Å². The van der Waals surface area contributed by atoms with Crippen LogP contribution in [0.15, 0.2) is 48.5 Å². The summed E-state index contributed by atoms with van der Waals surface area (Å²) in [7, 11) is 0. The molecule has 8 heteroatoms. The molecule has 1 aliphatic carbocycles. The van der Waals surface area contributed by atoms with Crippen LogP contribution < -0.4 is 10.6 Å². The summed E-state index contributed by atoms with van der Waals surface area (Å²) in [5.41, 5.74) is 2.99. The molecule has 1 fully saturated rings. The number of hydrogen-bond donors (Lipinski definition) is 3. The Hall–Kier alpha value is -3.42. The van der Waals surface area contributed by atoms with E-state index < -0.39 is 4.92 Å². The van der Waals surface area contributed by atoms with Crippen LogP contribution in [0.25, 0.3) is 0 Å². The number of benzene rings is 2. The molecule has 28 heavy (non-hydrogen) atoms. The number of rotatable bonds is 7. The van der Waals surface area contributed by atoms with E-state index in [9.17, 15) is 14.5 Å². The lowest BCUT2D eigenvalue weighted by Gasteiger charge is -2.16. The summed E-state index contributed by atoms with van der Waals surface area (Å²) in [6.45, 7) is 1.94. The minimum Gasteiger partial charge on any atom is -0.378 e.